The minimum atomic E-state index is -0.273. The summed E-state index contributed by atoms with van der Waals surface area (Å²) in [6.45, 7) is 2.46. The molecule has 1 N–H and O–H groups in total. The van der Waals surface area contributed by atoms with Crippen molar-refractivity contribution in [2.45, 2.75) is 13.5 Å². The fourth-order valence-corrected chi connectivity index (χ4v) is 2.64. The van der Waals surface area contributed by atoms with Crippen LogP contribution in [-0.2, 0) is 13.6 Å². The van der Waals surface area contributed by atoms with Crippen molar-refractivity contribution in [3.8, 4) is 0 Å². The SMILES string of the molecule is Cc1nn(C)c2ncc(CNc3cc(Br)ccc3F)cc12. The Morgan fingerprint density at radius 2 is 2.14 bits per heavy atom. The zero-order valence-electron chi connectivity index (χ0n) is 11.7. The highest BCUT2D eigenvalue weighted by Gasteiger charge is 2.08. The van der Waals surface area contributed by atoms with Crippen LogP contribution >= 0.6 is 15.9 Å². The van der Waals surface area contributed by atoms with Gasteiger partial charge in [0.05, 0.1) is 11.4 Å². The maximum Gasteiger partial charge on any atom is 0.157 e. The molecular formula is C15H14BrFN4. The van der Waals surface area contributed by atoms with Crippen LogP contribution in [-0.4, -0.2) is 14.8 Å². The van der Waals surface area contributed by atoms with Crippen LogP contribution in [0.25, 0.3) is 11.0 Å². The number of aryl methyl sites for hydroxylation is 2. The molecule has 3 rings (SSSR count). The number of fused-ring (bicyclic) bond motifs is 1. The van der Waals surface area contributed by atoms with E-state index in [-0.39, 0.29) is 5.82 Å². The number of pyridine rings is 1. The summed E-state index contributed by atoms with van der Waals surface area (Å²) in [6.07, 6.45) is 1.78. The Hall–Kier alpha value is -1.95. The Bertz CT molecular complexity index is 813. The second-order valence-electron chi connectivity index (χ2n) is 4.90. The van der Waals surface area contributed by atoms with Crippen molar-refractivity contribution in [3.63, 3.8) is 0 Å². The largest absolute Gasteiger partial charge is 0.379 e. The number of nitrogens with one attached hydrogen (secondary N) is 1. The molecule has 0 fully saturated rings. The summed E-state index contributed by atoms with van der Waals surface area (Å²) in [5.41, 5.74) is 3.24. The topological polar surface area (TPSA) is 42.7 Å². The van der Waals surface area contributed by atoms with Crippen LogP contribution in [0.2, 0.25) is 0 Å². The lowest BCUT2D eigenvalue weighted by Gasteiger charge is -2.08. The third kappa shape index (κ3) is 2.76. The van der Waals surface area contributed by atoms with Crippen LogP contribution in [0.1, 0.15) is 11.3 Å². The first-order chi connectivity index (χ1) is 10.0. The van der Waals surface area contributed by atoms with E-state index in [1.165, 1.54) is 6.07 Å². The zero-order chi connectivity index (χ0) is 15.0. The number of rotatable bonds is 3. The van der Waals surface area contributed by atoms with E-state index in [4.69, 9.17) is 0 Å². The Morgan fingerprint density at radius 1 is 1.33 bits per heavy atom. The lowest BCUT2D eigenvalue weighted by Crippen LogP contribution is -2.02. The van der Waals surface area contributed by atoms with E-state index in [0.717, 1.165) is 26.8 Å². The zero-order valence-corrected chi connectivity index (χ0v) is 13.3. The maximum absolute atomic E-state index is 13.7. The predicted molar refractivity (Wildman–Crippen MR) is 84.7 cm³/mol. The molecule has 3 aromatic rings. The van der Waals surface area contributed by atoms with E-state index in [1.54, 1.807) is 23.0 Å². The van der Waals surface area contributed by atoms with Crippen LogP contribution in [0.4, 0.5) is 10.1 Å². The normalized spacial score (nSPS) is 11.0. The Morgan fingerprint density at radius 3 is 2.95 bits per heavy atom. The molecule has 21 heavy (non-hydrogen) atoms. The van der Waals surface area contributed by atoms with Gasteiger partial charge in [-0.25, -0.2) is 9.37 Å². The quantitative estimate of drug-likeness (QED) is 0.782. The van der Waals surface area contributed by atoms with Crippen molar-refractivity contribution in [2.75, 3.05) is 5.32 Å². The smallest absolute Gasteiger partial charge is 0.157 e. The number of nitrogens with zero attached hydrogens (tertiary/aromatic N) is 3. The van der Waals surface area contributed by atoms with E-state index in [0.29, 0.717) is 12.2 Å². The van der Waals surface area contributed by atoms with Crippen LogP contribution in [0.5, 0.6) is 0 Å². The number of halogens is 2. The van der Waals surface area contributed by atoms with Crippen LogP contribution < -0.4 is 5.32 Å². The van der Waals surface area contributed by atoms with Crippen molar-refractivity contribution in [3.05, 3.63) is 52.0 Å². The third-order valence-electron chi connectivity index (χ3n) is 3.33. The maximum atomic E-state index is 13.7. The lowest BCUT2D eigenvalue weighted by atomic mass is 10.2. The van der Waals surface area contributed by atoms with Gasteiger partial charge in [0, 0.05) is 29.6 Å². The molecule has 0 radical (unpaired) electrons. The number of hydrogen-bond acceptors (Lipinski definition) is 3. The number of anilines is 1. The Labute approximate surface area is 130 Å². The first kappa shape index (κ1) is 14.0. The molecule has 6 heteroatoms. The molecule has 4 nitrogen and oxygen atoms in total. The number of benzene rings is 1. The molecule has 0 spiro atoms. The highest BCUT2D eigenvalue weighted by molar-refractivity contribution is 9.10. The van der Waals surface area contributed by atoms with E-state index in [1.807, 2.05) is 20.0 Å². The molecular weight excluding hydrogens is 335 g/mol. The molecule has 0 saturated carbocycles. The molecule has 1 aromatic carbocycles. The monoisotopic (exact) mass is 348 g/mol. The highest BCUT2D eigenvalue weighted by Crippen LogP contribution is 2.21. The average Bonchev–Trinajstić information content (AvgIpc) is 2.75. The second-order valence-corrected chi connectivity index (χ2v) is 5.82. The summed E-state index contributed by atoms with van der Waals surface area (Å²) in [6, 6.07) is 6.86. The Kier molecular flexibility index (Phi) is 3.63. The molecule has 0 aliphatic rings. The van der Waals surface area contributed by atoms with Gasteiger partial charge in [-0.05, 0) is 36.8 Å². The Balaban J connectivity index is 1.85. The molecule has 2 aromatic heterocycles. The highest BCUT2D eigenvalue weighted by atomic mass is 79.9. The molecule has 108 valence electrons. The van der Waals surface area contributed by atoms with Crippen LogP contribution in [0.15, 0.2) is 34.9 Å². The van der Waals surface area contributed by atoms with E-state index < -0.39 is 0 Å². The first-order valence-electron chi connectivity index (χ1n) is 6.52. The lowest BCUT2D eigenvalue weighted by molar-refractivity contribution is 0.630. The molecule has 0 atom stereocenters. The summed E-state index contributed by atoms with van der Waals surface area (Å²) in [4.78, 5) is 4.41. The van der Waals surface area contributed by atoms with Crippen LogP contribution in [0, 0.1) is 12.7 Å². The first-order valence-corrected chi connectivity index (χ1v) is 7.31. The minimum Gasteiger partial charge on any atom is -0.379 e. The van der Waals surface area contributed by atoms with Gasteiger partial charge >= 0.3 is 0 Å². The molecule has 0 aliphatic heterocycles. The predicted octanol–water partition coefficient (Wildman–Crippen LogP) is 3.79. The number of aromatic nitrogens is 3. The van der Waals surface area contributed by atoms with Crippen molar-refractivity contribution in [2.24, 2.45) is 7.05 Å². The molecule has 0 aliphatic carbocycles. The second kappa shape index (κ2) is 5.44. The van der Waals surface area contributed by atoms with Crippen LogP contribution in [0.3, 0.4) is 0 Å². The molecule has 2 heterocycles. The fourth-order valence-electron chi connectivity index (χ4n) is 2.28. The van der Waals surface area contributed by atoms with Gasteiger partial charge < -0.3 is 5.32 Å². The van der Waals surface area contributed by atoms with Gasteiger partial charge in [0.15, 0.2) is 5.65 Å². The average molecular weight is 349 g/mol. The van der Waals surface area contributed by atoms with E-state index >= 15 is 0 Å². The van der Waals surface area contributed by atoms with Gasteiger partial charge in [0.1, 0.15) is 5.82 Å². The van der Waals surface area contributed by atoms with Crippen molar-refractivity contribution >= 4 is 32.7 Å². The van der Waals surface area contributed by atoms with Gasteiger partial charge in [-0.3, -0.25) is 4.68 Å². The molecule has 0 bridgehead atoms. The van der Waals surface area contributed by atoms with E-state index in [9.17, 15) is 4.39 Å². The fraction of sp³-hybridized carbons (Fsp3) is 0.200. The van der Waals surface area contributed by atoms with Crippen molar-refractivity contribution in [1.29, 1.82) is 0 Å². The van der Waals surface area contributed by atoms with Gasteiger partial charge in [-0.15, -0.1) is 0 Å². The minimum absolute atomic E-state index is 0.273. The van der Waals surface area contributed by atoms with Gasteiger partial charge in [0.2, 0.25) is 0 Å². The van der Waals surface area contributed by atoms with Gasteiger partial charge in [-0.2, -0.15) is 5.10 Å². The summed E-state index contributed by atoms with van der Waals surface area (Å²) < 4.78 is 16.3. The standard InChI is InChI=1S/C15H14BrFN4/c1-9-12-5-10(8-19-15(12)21(2)20-9)7-18-14-6-11(16)3-4-13(14)17/h3-6,8,18H,7H2,1-2H3. The van der Waals surface area contributed by atoms with Gasteiger partial charge in [0.25, 0.3) is 0 Å². The summed E-state index contributed by atoms with van der Waals surface area (Å²) in [5.74, 6) is -0.273. The summed E-state index contributed by atoms with van der Waals surface area (Å²) in [7, 11) is 1.87. The molecule has 0 amide bonds. The number of hydrogen-bond donors (Lipinski definition) is 1. The summed E-state index contributed by atoms with van der Waals surface area (Å²) in [5, 5.41) is 8.45. The van der Waals surface area contributed by atoms with Crippen molar-refractivity contribution in [1.82, 2.24) is 14.8 Å². The molecule has 0 unspecified atom stereocenters. The molecule has 0 saturated heterocycles. The van der Waals surface area contributed by atoms with Crippen molar-refractivity contribution < 1.29 is 4.39 Å². The third-order valence-corrected chi connectivity index (χ3v) is 3.82. The van der Waals surface area contributed by atoms with E-state index in [2.05, 4.69) is 31.3 Å². The summed E-state index contributed by atoms with van der Waals surface area (Å²) >= 11 is 3.34. The van der Waals surface area contributed by atoms with Gasteiger partial charge in [-0.1, -0.05) is 15.9 Å².